The first-order chi connectivity index (χ1) is 14.1. The third-order valence-corrected chi connectivity index (χ3v) is 7.53. The smallest absolute Gasteiger partial charge is 0.254 e. The van der Waals surface area contributed by atoms with Crippen LogP contribution in [-0.4, -0.2) is 27.6 Å². The van der Waals surface area contributed by atoms with Crippen LogP contribution in [0.4, 0.5) is 0 Å². The van der Waals surface area contributed by atoms with E-state index < -0.39 is 0 Å². The molecule has 4 aliphatic carbocycles. The molecule has 1 aromatic heterocycles. The highest BCUT2D eigenvalue weighted by Crippen LogP contribution is 2.65. The molecule has 5 nitrogen and oxygen atoms in total. The summed E-state index contributed by atoms with van der Waals surface area (Å²) in [5.74, 6) is 1.01. The minimum Gasteiger partial charge on any atom is -0.340 e. The average molecular weight is 385 g/mol. The summed E-state index contributed by atoms with van der Waals surface area (Å²) < 4.78 is 2.18. The zero-order chi connectivity index (χ0) is 19.9. The van der Waals surface area contributed by atoms with Crippen molar-refractivity contribution in [2.45, 2.75) is 19.9 Å². The van der Waals surface area contributed by atoms with Crippen LogP contribution in [-0.2, 0) is 16.1 Å². The van der Waals surface area contributed by atoms with Crippen molar-refractivity contribution in [1.29, 1.82) is 0 Å². The second-order valence-electron chi connectivity index (χ2n) is 8.80. The van der Waals surface area contributed by atoms with E-state index in [2.05, 4.69) is 34.5 Å². The molecule has 3 fully saturated rings. The molecule has 7 rings (SSSR count). The molecule has 2 bridgehead atoms. The maximum Gasteiger partial charge on any atom is 0.254 e. The van der Waals surface area contributed by atoms with Gasteiger partial charge in [0, 0.05) is 28.7 Å². The standard InChI is InChI=1S/C24H23N3O2/c1-3-10-26-13(2)19(14-6-4-5-7-20(14)26)12-25-27-23(28)21-15-8-9-16(18-11-17(15)18)22(21)24(27)29/h3-9,12,15-18,21-22H,1,10-11H2,2H3/b25-12-/t15-,16-,17-,18+,21-,22-/m1/s1. The van der Waals surface area contributed by atoms with E-state index in [1.807, 2.05) is 31.2 Å². The highest BCUT2D eigenvalue weighted by atomic mass is 16.2. The van der Waals surface area contributed by atoms with Crippen LogP contribution in [0.5, 0.6) is 0 Å². The molecule has 2 saturated carbocycles. The fourth-order valence-electron chi connectivity index (χ4n) is 6.16. The van der Waals surface area contributed by atoms with Crippen LogP contribution in [0, 0.1) is 42.4 Å². The van der Waals surface area contributed by atoms with Gasteiger partial charge in [0.2, 0.25) is 0 Å². The van der Waals surface area contributed by atoms with Crippen molar-refractivity contribution in [2.24, 2.45) is 40.6 Å². The topological polar surface area (TPSA) is 54.7 Å². The van der Waals surface area contributed by atoms with Gasteiger partial charge in [-0.25, -0.2) is 0 Å². The number of benzene rings is 1. The largest absolute Gasteiger partial charge is 0.340 e. The molecule has 2 heterocycles. The molecule has 1 aliphatic heterocycles. The number of rotatable bonds is 4. The summed E-state index contributed by atoms with van der Waals surface area (Å²) in [6.45, 7) is 6.59. The van der Waals surface area contributed by atoms with E-state index in [0.29, 0.717) is 18.4 Å². The first-order valence-electron chi connectivity index (χ1n) is 10.4. The van der Waals surface area contributed by atoms with Crippen LogP contribution in [0.15, 0.2) is 54.2 Å². The molecule has 146 valence electrons. The number of para-hydroxylation sites is 1. The van der Waals surface area contributed by atoms with E-state index in [1.54, 1.807) is 6.21 Å². The van der Waals surface area contributed by atoms with E-state index in [1.165, 1.54) is 6.42 Å². The molecule has 2 aromatic rings. The van der Waals surface area contributed by atoms with Crippen molar-refractivity contribution < 1.29 is 9.59 Å². The van der Waals surface area contributed by atoms with Crippen LogP contribution in [0.2, 0.25) is 0 Å². The van der Waals surface area contributed by atoms with Gasteiger partial charge in [-0.1, -0.05) is 36.4 Å². The van der Waals surface area contributed by atoms with Crippen molar-refractivity contribution in [3.05, 3.63) is 60.3 Å². The lowest BCUT2D eigenvalue weighted by atomic mass is 9.63. The number of carbonyl (C=O) groups excluding carboxylic acids is 2. The fourth-order valence-corrected chi connectivity index (χ4v) is 6.16. The van der Waals surface area contributed by atoms with Crippen molar-refractivity contribution in [3.63, 3.8) is 0 Å². The fraction of sp³-hybridized carbons (Fsp3) is 0.375. The number of allylic oxidation sites excluding steroid dienone is 3. The Morgan fingerprint density at radius 3 is 2.41 bits per heavy atom. The Morgan fingerprint density at radius 2 is 1.76 bits per heavy atom. The highest BCUT2D eigenvalue weighted by Gasteiger charge is 2.67. The minimum absolute atomic E-state index is 0.117. The minimum atomic E-state index is -0.207. The molecule has 0 radical (unpaired) electrons. The average Bonchev–Trinajstić information content (AvgIpc) is 3.47. The maximum absolute atomic E-state index is 13.1. The summed E-state index contributed by atoms with van der Waals surface area (Å²) in [7, 11) is 0. The molecule has 6 atom stereocenters. The van der Waals surface area contributed by atoms with Gasteiger partial charge in [-0.15, -0.1) is 6.58 Å². The Kier molecular flexibility index (Phi) is 3.38. The van der Waals surface area contributed by atoms with Gasteiger partial charge in [0.25, 0.3) is 11.8 Å². The zero-order valence-electron chi connectivity index (χ0n) is 16.4. The van der Waals surface area contributed by atoms with Crippen LogP contribution >= 0.6 is 0 Å². The summed E-state index contributed by atoms with van der Waals surface area (Å²) in [5, 5.41) is 6.67. The monoisotopic (exact) mass is 385 g/mol. The van der Waals surface area contributed by atoms with Gasteiger partial charge < -0.3 is 4.57 Å². The predicted molar refractivity (Wildman–Crippen MR) is 111 cm³/mol. The van der Waals surface area contributed by atoms with Crippen molar-refractivity contribution in [2.75, 3.05) is 0 Å². The number of hydrazone groups is 1. The third-order valence-electron chi connectivity index (χ3n) is 7.53. The molecule has 5 aliphatic rings. The number of hydrogen-bond acceptors (Lipinski definition) is 3. The third kappa shape index (κ3) is 2.13. The summed E-state index contributed by atoms with van der Waals surface area (Å²) in [6, 6.07) is 8.12. The second-order valence-corrected chi connectivity index (χ2v) is 8.80. The molecule has 29 heavy (non-hydrogen) atoms. The van der Waals surface area contributed by atoms with Crippen LogP contribution in [0.1, 0.15) is 17.7 Å². The van der Waals surface area contributed by atoms with Crippen LogP contribution in [0.25, 0.3) is 10.9 Å². The Morgan fingerprint density at radius 1 is 1.10 bits per heavy atom. The number of carbonyl (C=O) groups is 2. The van der Waals surface area contributed by atoms with E-state index in [-0.39, 0.29) is 35.5 Å². The lowest BCUT2D eigenvalue weighted by Gasteiger charge is -2.37. The number of fused-ring (bicyclic) bond motifs is 1. The number of amides is 2. The van der Waals surface area contributed by atoms with E-state index >= 15 is 0 Å². The summed E-state index contributed by atoms with van der Waals surface area (Å²) in [5.41, 5.74) is 3.10. The SMILES string of the molecule is C=CCn1c(C)c(/C=N\N2C(=O)[C@@H]3[C@@H]4C=C[C@H]([C@@H]5C[C@H]45)[C@H]3C2=O)c2ccccc21. The van der Waals surface area contributed by atoms with Crippen molar-refractivity contribution in [1.82, 2.24) is 9.58 Å². The quantitative estimate of drug-likeness (QED) is 0.459. The Labute approximate surface area is 169 Å². The Hall–Kier alpha value is -2.95. The Balaban J connectivity index is 1.37. The Bertz CT molecular complexity index is 1100. The van der Waals surface area contributed by atoms with Gasteiger partial charge in [0.05, 0.1) is 18.1 Å². The molecule has 0 N–H and O–H groups in total. The van der Waals surface area contributed by atoms with E-state index in [9.17, 15) is 9.59 Å². The van der Waals surface area contributed by atoms with Gasteiger partial charge in [0.15, 0.2) is 0 Å². The molecule has 5 heteroatoms. The van der Waals surface area contributed by atoms with Gasteiger partial charge in [-0.3, -0.25) is 9.59 Å². The first kappa shape index (κ1) is 17.0. The predicted octanol–water partition coefficient (Wildman–Crippen LogP) is 3.52. The maximum atomic E-state index is 13.1. The second kappa shape index (κ2) is 5.78. The molecule has 1 saturated heterocycles. The zero-order valence-corrected chi connectivity index (χ0v) is 16.4. The molecule has 0 spiro atoms. The number of imide groups is 1. The van der Waals surface area contributed by atoms with Crippen molar-refractivity contribution >= 4 is 28.9 Å². The van der Waals surface area contributed by atoms with Crippen LogP contribution < -0.4 is 0 Å². The lowest BCUT2D eigenvalue weighted by molar-refractivity contribution is -0.140. The molecule has 1 aromatic carbocycles. The van der Waals surface area contributed by atoms with Gasteiger partial charge in [-0.05, 0) is 43.1 Å². The highest BCUT2D eigenvalue weighted by molar-refractivity contribution is 6.08. The lowest BCUT2D eigenvalue weighted by Crippen LogP contribution is -2.40. The van der Waals surface area contributed by atoms with Crippen LogP contribution in [0.3, 0.4) is 0 Å². The molecule has 2 amide bonds. The van der Waals surface area contributed by atoms with Gasteiger partial charge >= 0.3 is 0 Å². The first-order valence-corrected chi connectivity index (χ1v) is 10.4. The van der Waals surface area contributed by atoms with Crippen molar-refractivity contribution in [3.8, 4) is 0 Å². The van der Waals surface area contributed by atoms with E-state index in [0.717, 1.165) is 27.2 Å². The summed E-state index contributed by atoms with van der Waals surface area (Å²) in [6.07, 6.45) is 9.10. The normalized spacial score (nSPS) is 34.3. The summed E-state index contributed by atoms with van der Waals surface area (Å²) in [4.78, 5) is 26.2. The molecule has 0 unspecified atom stereocenters. The van der Waals surface area contributed by atoms with Gasteiger partial charge in [-0.2, -0.15) is 10.1 Å². The number of nitrogens with zero attached hydrogens (tertiary/aromatic N) is 3. The molecular weight excluding hydrogens is 362 g/mol. The van der Waals surface area contributed by atoms with E-state index in [4.69, 9.17) is 0 Å². The summed E-state index contributed by atoms with van der Waals surface area (Å²) >= 11 is 0. The number of aromatic nitrogens is 1. The number of hydrogen-bond donors (Lipinski definition) is 0. The van der Waals surface area contributed by atoms with Gasteiger partial charge in [0.1, 0.15) is 0 Å². The molecular formula is C24H23N3O2.